The number of anilines is 3. The molecule has 1 aromatic carbocycles. The van der Waals surface area contributed by atoms with Crippen LogP contribution in [0.15, 0.2) is 54.7 Å². The van der Waals surface area contributed by atoms with Crippen molar-refractivity contribution in [2.24, 2.45) is 22.7 Å². The first-order valence-corrected chi connectivity index (χ1v) is 31.0. The predicted molar refractivity (Wildman–Crippen MR) is 299 cm³/mol. The van der Waals surface area contributed by atoms with Crippen molar-refractivity contribution in [1.82, 2.24) is 54.6 Å². The van der Waals surface area contributed by atoms with Crippen molar-refractivity contribution in [3.05, 3.63) is 55.1 Å². The Kier molecular flexibility index (Phi) is 21.5. The molecule has 3 aliphatic heterocycles. The van der Waals surface area contributed by atoms with Gasteiger partial charge in [-0.25, -0.2) is 53.1 Å². The van der Waals surface area contributed by atoms with E-state index in [1.54, 1.807) is 38.1 Å². The van der Waals surface area contributed by atoms with Gasteiger partial charge in [-0.1, -0.05) is 26.0 Å². The number of nitrogens with zero attached hydrogens (tertiary/aromatic N) is 10. The standard InChI is InChI=1S/C46H58F2N16O18P2S2/c1-22(2)31(60-28(66)17-75-51-3)26(65)14-24(6-5-11-52-44(50)68)40(67)59-25-9-7-23(8-10-25)15-74-46(70)62(4)12-13-73-45(69)61-37-33-39(56-19-54-37)64(21-58-33)42-30(48)35-43(78-42)79-82-84(72,86)80-34-27(16-76-83(71,85)81-35)77-41(29(34)47)63-20-57-32-36(49)53-18-55-38(32)63/h7-10,18-22,24,27,29-31,34-35,41-43H,3,5-6,11-17H2,1-2,4H3,(H,59,67)(H,60,66)(H,71,85)(H,72,86)(H2,49,53,55)(H3,50,52,68)(H,54,56,61,69)/t24-,27-,29-,30-,31+,34-,35+,41-,42-,43-,83?,84?/m1/s1. The fourth-order valence-corrected chi connectivity index (χ4v) is 11.5. The Morgan fingerprint density at radius 2 is 1.57 bits per heavy atom. The van der Waals surface area contributed by atoms with Crippen LogP contribution >= 0.6 is 13.4 Å². The molecule has 3 fully saturated rings. The highest BCUT2D eigenvalue weighted by atomic mass is 32.5. The maximum absolute atomic E-state index is 16.6. The number of nitrogen functional groups attached to an aromatic ring is 1. The Balaban J connectivity index is 0.813. The van der Waals surface area contributed by atoms with E-state index < -0.39 is 124 Å². The number of halogens is 2. The lowest BCUT2D eigenvalue weighted by atomic mass is 9.89. The number of Topliss-reactive ketones (excluding diaryl/α,β-unsaturated/α-hetero) is 1. The maximum atomic E-state index is 16.6. The number of ketones is 1. The van der Waals surface area contributed by atoms with Crippen LogP contribution in [-0.2, 0) is 91.5 Å². The molecule has 466 valence electrons. The topological polar surface area (TPSA) is 438 Å². The van der Waals surface area contributed by atoms with Gasteiger partial charge in [-0.3, -0.25) is 37.9 Å². The number of oxime groups is 1. The van der Waals surface area contributed by atoms with E-state index in [0.29, 0.717) is 17.7 Å². The van der Waals surface area contributed by atoms with Gasteiger partial charge in [0.15, 0.2) is 71.7 Å². The number of nitrogens with one attached hydrogen (secondary N) is 4. The maximum Gasteiger partial charge on any atom is 0.412 e. The second-order valence-corrected chi connectivity index (χ2v) is 24.9. The Hall–Kier alpha value is -7.19. The quantitative estimate of drug-likeness (QED) is 0.0162. The Labute approximate surface area is 495 Å². The molecule has 10 N–H and O–H groups in total. The zero-order valence-corrected chi connectivity index (χ0v) is 49.0. The van der Waals surface area contributed by atoms with Crippen molar-refractivity contribution in [3.63, 3.8) is 0 Å². The van der Waals surface area contributed by atoms with Crippen molar-refractivity contribution in [2.45, 2.75) is 95.2 Å². The van der Waals surface area contributed by atoms with E-state index in [1.807, 2.05) is 0 Å². The number of urea groups is 1. The highest BCUT2D eigenvalue weighted by molar-refractivity contribution is 8.07. The lowest BCUT2D eigenvalue weighted by Gasteiger charge is -2.29. The average Bonchev–Trinajstić information content (AvgIpc) is 2.12. The Bertz CT molecular complexity index is 3400. The smallest absolute Gasteiger partial charge is 0.412 e. The van der Waals surface area contributed by atoms with E-state index in [9.17, 15) is 38.6 Å². The van der Waals surface area contributed by atoms with Gasteiger partial charge in [0.05, 0.1) is 31.8 Å². The van der Waals surface area contributed by atoms with E-state index in [0.717, 1.165) is 28.4 Å². The number of imidazole rings is 2. The summed E-state index contributed by atoms with van der Waals surface area (Å²) in [4.78, 5) is 134. The summed E-state index contributed by atoms with van der Waals surface area (Å²) in [7, 11) is 1.39. The molecule has 0 spiro atoms. The molecule has 8 rings (SSSR count). The van der Waals surface area contributed by atoms with Crippen molar-refractivity contribution in [2.75, 3.05) is 56.3 Å². The number of hydrogen-bond donors (Lipinski definition) is 8. The molecule has 5 aromatic rings. The van der Waals surface area contributed by atoms with Gasteiger partial charge >= 0.3 is 31.7 Å². The first kappa shape index (κ1) is 64.8. The van der Waals surface area contributed by atoms with Gasteiger partial charge < -0.3 is 70.4 Å². The van der Waals surface area contributed by atoms with Crippen LogP contribution in [-0.4, -0.2) is 179 Å². The van der Waals surface area contributed by atoms with Crippen molar-refractivity contribution in [3.8, 4) is 0 Å². The average molecular weight is 1290 g/mol. The van der Waals surface area contributed by atoms with E-state index in [1.165, 1.54) is 17.9 Å². The number of benzene rings is 1. The van der Waals surface area contributed by atoms with Crippen LogP contribution in [0, 0.1) is 11.8 Å². The van der Waals surface area contributed by atoms with Crippen LogP contribution in [0.3, 0.4) is 0 Å². The lowest BCUT2D eigenvalue weighted by Crippen LogP contribution is -2.46. The number of carbonyl (C=O) groups is 6. The van der Waals surface area contributed by atoms with Crippen molar-refractivity contribution in [1.29, 1.82) is 0 Å². The van der Waals surface area contributed by atoms with Gasteiger partial charge in [0.25, 0.3) is 5.91 Å². The SMILES string of the molecule is C=NOCC(=O)N[C@H](C(=O)C[C@@H](CCCNC(N)=O)C(=O)Nc1ccc(COC(=O)N(C)CCOC(=O)Nc2ncnc3c2ncn3[C@@H]2O[C@@H]3OOP(O)(=S)O[C@H]4[C@@H](F)[C@H](n5cnc6c(N)ncnc65)O[C@@H]4COP(O)(=S)O[C@H]3[C@H]2F)cc1)C(C)C. The molecule has 34 nitrogen and oxygen atoms in total. The third kappa shape index (κ3) is 16.3. The van der Waals surface area contributed by atoms with Gasteiger partial charge in [-0.05, 0) is 60.1 Å². The minimum atomic E-state index is -4.63. The fraction of sp³-hybridized carbons (Fsp3) is 0.500. The molecule has 86 heavy (non-hydrogen) atoms. The lowest BCUT2D eigenvalue weighted by molar-refractivity contribution is -0.336. The van der Waals surface area contributed by atoms with Gasteiger partial charge in [-0.15, -0.1) is 9.83 Å². The number of alkyl halides is 2. The second-order valence-electron chi connectivity index (χ2n) is 19.4. The number of nitrogens with two attached hydrogens (primary N) is 2. The van der Waals surface area contributed by atoms with Gasteiger partial charge in [-0.2, -0.15) is 4.89 Å². The molecule has 12 atom stereocenters. The molecule has 3 aliphatic rings. The normalized spacial score (nSPS) is 25.5. The highest BCUT2D eigenvalue weighted by Crippen LogP contribution is 2.55. The molecule has 7 heterocycles. The van der Waals surface area contributed by atoms with Crippen LogP contribution in [0.1, 0.15) is 51.1 Å². The first-order chi connectivity index (χ1) is 40.9. The van der Waals surface area contributed by atoms with E-state index >= 15 is 8.78 Å². The summed E-state index contributed by atoms with van der Waals surface area (Å²) in [5, 5.41) is 13.4. The summed E-state index contributed by atoms with van der Waals surface area (Å²) < 4.78 is 79.0. The second kappa shape index (κ2) is 28.5. The van der Waals surface area contributed by atoms with Crippen LogP contribution < -0.4 is 32.7 Å². The van der Waals surface area contributed by atoms with Crippen molar-refractivity contribution >= 4 is 119 Å². The molecular weight excluding hydrogens is 1230 g/mol. The number of likely N-dealkylation sites (N-methyl/N-ethyl adjacent to an activating group) is 1. The molecule has 0 radical (unpaired) electrons. The highest BCUT2D eigenvalue weighted by Gasteiger charge is 2.55. The molecule has 2 unspecified atom stereocenters. The third-order valence-electron chi connectivity index (χ3n) is 13.1. The zero-order valence-electron chi connectivity index (χ0n) is 45.6. The summed E-state index contributed by atoms with van der Waals surface area (Å²) in [5.74, 6) is -2.91. The fourth-order valence-electron chi connectivity index (χ4n) is 8.87. The Morgan fingerprint density at radius 1 is 0.907 bits per heavy atom. The molecule has 0 aliphatic carbocycles. The van der Waals surface area contributed by atoms with E-state index in [4.69, 9.17) is 77.2 Å². The summed E-state index contributed by atoms with van der Waals surface area (Å²) in [6, 6.07) is 4.62. The van der Waals surface area contributed by atoms with Crippen LogP contribution in [0.2, 0.25) is 0 Å². The number of rotatable bonds is 22. The van der Waals surface area contributed by atoms with E-state index in [-0.39, 0.29) is 79.0 Å². The van der Waals surface area contributed by atoms with Crippen LogP contribution in [0.5, 0.6) is 0 Å². The number of amides is 6. The molecule has 3 saturated heterocycles. The molecule has 4 aromatic heterocycles. The minimum Gasteiger partial charge on any atom is -0.447 e. The Morgan fingerprint density at radius 3 is 2.27 bits per heavy atom. The summed E-state index contributed by atoms with van der Waals surface area (Å²) in [6.07, 6.45) is -12.1. The van der Waals surface area contributed by atoms with Crippen LogP contribution in [0.4, 0.5) is 40.5 Å². The van der Waals surface area contributed by atoms with Gasteiger partial charge in [0.2, 0.25) is 12.2 Å². The summed E-state index contributed by atoms with van der Waals surface area (Å²) >= 11 is 10.3. The van der Waals surface area contributed by atoms with E-state index in [2.05, 4.69) is 67.9 Å². The number of fused-ring (bicyclic) bond motifs is 4. The zero-order chi connectivity index (χ0) is 62.0. The number of hydrogen-bond acceptors (Lipinski definition) is 26. The molecule has 0 saturated carbocycles. The first-order valence-electron chi connectivity index (χ1n) is 25.8. The minimum absolute atomic E-state index is 0.000638. The molecular formula is C46H58F2N16O18P2S2. The van der Waals surface area contributed by atoms with Gasteiger partial charge in [0.1, 0.15) is 43.6 Å². The molecule has 6 amide bonds. The number of primary amides is 1. The number of carbonyl (C=O) groups excluding carboxylic acids is 6. The summed E-state index contributed by atoms with van der Waals surface area (Å²) in [6.45, 7) is -4.24. The molecule has 0 bridgehead atoms. The monoisotopic (exact) mass is 1290 g/mol. The third-order valence-corrected chi connectivity index (χ3v) is 15.9. The molecule has 40 heteroatoms. The summed E-state index contributed by atoms with van der Waals surface area (Å²) in [5.41, 5.74) is 11.9. The van der Waals surface area contributed by atoms with Crippen LogP contribution in [0.25, 0.3) is 22.3 Å². The van der Waals surface area contributed by atoms with Gasteiger partial charge in [0, 0.05) is 38.3 Å². The largest absolute Gasteiger partial charge is 0.447 e. The number of aromatic nitrogens is 8. The predicted octanol–water partition coefficient (Wildman–Crippen LogP) is 2.41. The van der Waals surface area contributed by atoms with Crippen molar-refractivity contribution < 1.29 is 94.3 Å². The number of ether oxygens (including phenoxy) is 4.